The zero-order chi connectivity index (χ0) is 28.1. The maximum absolute atomic E-state index is 13.3. The Balaban J connectivity index is 1.51. The lowest BCUT2D eigenvalue weighted by Crippen LogP contribution is -2.15. The summed E-state index contributed by atoms with van der Waals surface area (Å²) < 4.78 is 40.0. The summed E-state index contributed by atoms with van der Waals surface area (Å²) in [5, 5.41) is 0.968. The fraction of sp³-hybridized carbons (Fsp3) is 0.0571. The topological polar surface area (TPSA) is 16.1 Å². The highest BCUT2D eigenvalue weighted by molar-refractivity contribution is 7.99. The Morgan fingerprint density at radius 2 is 1.22 bits per heavy atom. The lowest BCUT2D eigenvalue weighted by molar-refractivity contribution is -0.137. The molecule has 0 atom stereocenters. The summed E-state index contributed by atoms with van der Waals surface area (Å²) in [5.74, 6) is 0. The number of fused-ring (bicyclic) bond motifs is 3. The summed E-state index contributed by atoms with van der Waals surface area (Å²) in [5.41, 5.74) is 7.49. The van der Waals surface area contributed by atoms with Gasteiger partial charge in [0.2, 0.25) is 0 Å². The van der Waals surface area contributed by atoms with Crippen molar-refractivity contribution in [2.24, 2.45) is 0 Å². The minimum atomic E-state index is -4.40. The number of aromatic nitrogens is 1. The van der Waals surface area contributed by atoms with Gasteiger partial charge in [0.05, 0.1) is 33.8 Å². The van der Waals surface area contributed by atoms with Gasteiger partial charge in [-0.1, -0.05) is 90.1 Å². The molecule has 0 saturated heterocycles. The van der Waals surface area contributed by atoms with E-state index >= 15 is 0 Å². The molecule has 1 aliphatic heterocycles. The quantitative estimate of drug-likeness (QED) is 0.214. The third kappa shape index (κ3) is 4.54. The van der Waals surface area contributed by atoms with E-state index < -0.39 is 11.7 Å². The van der Waals surface area contributed by atoms with Gasteiger partial charge in [0, 0.05) is 20.7 Å². The van der Waals surface area contributed by atoms with Crippen LogP contribution in [0.25, 0.3) is 33.3 Å². The van der Waals surface area contributed by atoms with Gasteiger partial charge >= 0.3 is 6.18 Å². The van der Waals surface area contributed by atoms with Crippen molar-refractivity contribution in [2.45, 2.75) is 22.9 Å². The first-order valence-corrected chi connectivity index (χ1v) is 14.0. The van der Waals surface area contributed by atoms with Crippen LogP contribution in [0.4, 0.5) is 30.2 Å². The molecule has 0 unspecified atom stereocenters. The minimum Gasteiger partial charge on any atom is -0.306 e. The number of rotatable bonds is 3. The van der Waals surface area contributed by atoms with Crippen molar-refractivity contribution in [1.82, 2.24) is 4.98 Å². The number of nitrogens with zero attached hydrogens (tertiary/aromatic N) is 2. The van der Waals surface area contributed by atoms with Gasteiger partial charge in [0.25, 0.3) is 0 Å². The Bertz CT molecular complexity index is 1870. The number of benzene rings is 5. The first-order chi connectivity index (χ1) is 19.9. The highest BCUT2D eigenvalue weighted by atomic mass is 32.2. The molecular weight excluding hydrogens is 537 g/mol. The van der Waals surface area contributed by atoms with Gasteiger partial charge in [-0.2, -0.15) is 13.2 Å². The van der Waals surface area contributed by atoms with Gasteiger partial charge < -0.3 is 4.90 Å². The molecule has 0 spiro atoms. The number of hydrogen-bond acceptors (Lipinski definition) is 3. The molecule has 1 aromatic heterocycles. The highest BCUT2D eigenvalue weighted by Gasteiger charge is 2.30. The van der Waals surface area contributed by atoms with Gasteiger partial charge in [0.1, 0.15) is 0 Å². The van der Waals surface area contributed by atoms with Gasteiger partial charge in [-0.3, -0.25) is 0 Å². The number of hydrogen-bond donors (Lipinski definition) is 0. The normalized spacial score (nSPS) is 12.7. The van der Waals surface area contributed by atoms with E-state index in [0.717, 1.165) is 66.6 Å². The summed E-state index contributed by atoms with van der Waals surface area (Å²) in [6.45, 7) is 2.05. The van der Waals surface area contributed by atoms with E-state index in [0.29, 0.717) is 11.3 Å². The largest absolute Gasteiger partial charge is 0.416 e. The van der Waals surface area contributed by atoms with Crippen LogP contribution in [0.3, 0.4) is 0 Å². The van der Waals surface area contributed by atoms with Crippen LogP contribution in [0.1, 0.15) is 11.1 Å². The third-order valence-electron chi connectivity index (χ3n) is 7.36. The van der Waals surface area contributed by atoms with E-state index in [1.165, 1.54) is 12.1 Å². The maximum atomic E-state index is 13.3. The van der Waals surface area contributed by atoms with E-state index in [4.69, 9.17) is 4.98 Å². The Labute approximate surface area is 240 Å². The number of alkyl halides is 3. The van der Waals surface area contributed by atoms with Crippen molar-refractivity contribution in [3.8, 4) is 22.4 Å². The fourth-order valence-electron chi connectivity index (χ4n) is 5.33. The summed E-state index contributed by atoms with van der Waals surface area (Å²) in [6, 6.07) is 38.3. The molecule has 41 heavy (non-hydrogen) atoms. The number of anilines is 3. The third-order valence-corrected chi connectivity index (χ3v) is 8.49. The predicted molar refractivity (Wildman–Crippen MR) is 161 cm³/mol. The first-order valence-electron chi connectivity index (χ1n) is 13.2. The smallest absolute Gasteiger partial charge is 0.306 e. The predicted octanol–water partition coefficient (Wildman–Crippen LogP) is 10.8. The summed E-state index contributed by atoms with van der Waals surface area (Å²) >= 11 is 1.74. The molecule has 0 radical (unpaired) electrons. The first kappa shape index (κ1) is 25.4. The summed E-state index contributed by atoms with van der Waals surface area (Å²) in [4.78, 5) is 9.65. The average molecular weight is 561 g/mol. The molecule has 0 bridgehead atoms. The molecule has 0 aliphatic carbocycles. The van der Waals surface area contributed by atoms with Gasteiger partial charge in [-0.05, 0) is 66.6 Å². The van der Waals surface area contributed by atoms with E-state index in [2.05, 4.69) is 65.6 Å². The van der Waals surface area contributed by atoms with E-state index in [-0.39, 0.29) is 0 Å². The molecule has 5 aromatic carbocycles. The standard InChI is InChI=1S/C35H23F3N2S/c1-22-13-15-23(16-14-22)27-21-28(24-17-19-25(20-18-24)35(36,37)38)39-34-26(27)7-6-10-31(34)40-29-8-2-4-11-32(29)41-33-12-5-3-9-30(33)40/h2-21H,1H3. The molecule has 0 amide bonds. The zero-order valence-corrected chi connectivity index (χ0v) is 22.8. The van der Waals surface area contributed by atoms with Crippen LogP contribution < -0.4 is 4.90 Å². The molecule has 6 heteroatoms. The molecule has 200 valence electrons. The molecule has 0 fully saturated rings. The van der Waals surface area contributed by atoms with Gasteiger partial charge in [0.15, 0.2) is 0 Å². The molecule has 0 saturated carbocycles. The van der Waals surface area contributed by atoms with Crippen molar-refractivity contribution < 1.29 is 13.2 Å². The maximum Gasteiger partial charge on any atom is 0.416 e. The van der Waals surface area contributed by atoms with Crippen molar-refractivity contribution in [2.75, 3.05) is 4.90 Å². The van der Waals surface area contributed by atoms with Crippen LogP contribution >= 0.6 is 11.8 Å². The molecule has 0 N–H and O–H groups in total. The van der Waals surface area contributed by atoms with E-state index in [9.17, 15) is 13.2 Å². The van der Waals surface area contributed by atoms with Crippen LogP contribution in [-0.4, -0.2) is 4.98 Å². The molecule has 7 rings (SSSR count). The second-order valence-corrected chi connectivity index (χ2v) is 11.1. The van der Waals surface area contributed by atoms with Gasteiger partial charge in [-0.15, -0.1) is 0 Å². The molecule has 6 aromatic rings. The lowest BCUT2D eigenvalue weighted by atomic mass is 9.96. The minimum absolute atomic E-state index is 0.613. The number of halogens is 3. The molecule has 2 nitrogen and oxygen atoms in total. The van der Waals surface area contributed by atoms with Crippen molar-refractivity contribution in [1.29, 1.82) is 0 Å². The SMILES string of the molecule is Cc1ccc(-c2cc(-c3ccc(C(F)(F)F)cc3)nc3c(N4c5ccccc5Sc5ccccc54)cccc23)cc1. The molecular formula is C35H23F3N2S. The van der Waals surface area contributed by atoms with Crippen LogP contribution in [0.2, 0.25) is 0 Å². The van der Waals surface area contributed by atoms with E-state index in [1.807, 2.05) is 43.3 Å². The fourth-order valence-corrected chi connectivity index (χ4v) is 6.39. The Hall–Kier alpha value is -4.55. The van der Waals surface area contributed by atoms with E-state index in [1.54, 1.807) is 11.8 Å². The lowest BCUT2D eigenvalue weighted by Gasteiger charge is -2.33. The Morgan fingerprint density at radius 1 is 0.634 bits per heavy atom. The van der Waals surface area contributed by atoms with Crippen LogP contribution in [-0.2, 0) is 6.18 Å². The Kier molecular flexibility index (Phi) is 6.09. The van der Waals surface area contributed by atoms with Crippen LogP contribution in [0, 0.1) is 6.92 Å². The van der Waals surface area contributed by atoms with Gasteiger partial charge in [-0.25, -0.2) is 4.98 Å². The molecule has 2 heterocycles. The second kappa shape index (κ2) is 9.82. The van der Waals surface area contributed by atoms with Crippen molar-refractivity contribution >= 4 is 39.7 Å². The zero-order valence-electron chi connectivity index (χ0n) is 22.0. The number of pyridine rings is 1. The summed E-state index contributed by atoms with van der Waals surface area (Å²) in [6.07, 6.45) is -4.40. The van der Waals surface area contributed by atoms with Crippen molar-refractivity contribution in [3.05, 3.63) is 132 Å². The second-order valence-electron chi connectivity index (χ2n) is 10.0. The van der Waals surface area contributed by atoms with Crippen LogP contribution in [0.5, 0.6) is 0 Å². The Morgan fingerprint density at radius 3 is 1.85 bits per heavy atom. The molecule has 1 aliphatic rings. The number of aryl methyl sites for hydroxylation is 1. The summed E-state index contributed by atoms with van der Waals surface area (Å²) in [7, 11) is 0. The van der Waals surface area contributed by atoms with Crippen molar-refractivity contribution in [3.63, 3.8) is 0 Å². The van der Waals surface area contributed by atoms with Crippen LogP contribution in [0.15, 0.2) is 131 Å². The highest BCUT2D eigenvalue weighted by Crippen LogP contribution is 2.52. The monoisotopic (exact) mass is 560 g/mol. The average Bonchev–Trinajstić information content (AvgIpc) is 2.99. The number of para-hydroxylation sites is 3.